The van der Waals surface area contributed by atoms with Crippen molar-refractivity contribution in [2.24, 2.45) is 0 Å². The number of nitrogens with zero attached hydrogens (tertiary/aromatic N) is 3. The molecule has 2 aromatic rings. The van der Waals surface area contributed by atoms with Crippen molar-refractivity contribution in [1.29, 1.82) is 0 Å². The predicted molar refractivity (Wildman–Crippen MR) is 68.8 cm³/mol. The second kappa shape index (κ2) is 4.02. The van der Waals surface area contributed by atoms with E-state index in [9.17, 15) is 0 Å². The van der Waals surface area contributed by atoms with Gasteiger partial charge in [-0.1, -0.05) is 12.8 Å². The zero-order valence-electron chi connectivity index (χ0n) is 10.2. The second-order valence-corrected chi connectivity index (χ2v) is 4.81. The Balaban J connectivity index is 2.16. The minimum Gasteiger partial charge on any atom is -0.397 e. The van der Waals surface area contributed by atoms with Gasteiger partial charge in [-0.05, 0) is 25.8 Å². The molecule has 4 heteroatoms. The minimum absolute atomic E-state index is 0.616. The molecule has 2 N–H and O–H groups in total. The third-order valence-electron chi connectivity index (χ3n) is 3.67. The molecule has 1 aliphatic rings. The largest absolute Gasteiger partial charge is 0.397 e. The first-order valence-electron chi connectivity index (χ1n) is 6.41. The van der Waals surface area contributed by atoms with Crippen LogP contribution in [0.2, 0.25) is 0 Å². The second-order valence-electron chi connectivity index (χ2n) is 4.81. The van der Waals surface area contributed by atoms with E-state index >= 15 is 0 Å². The fraction of sp³-hybridized carbons (Fsp3) is 0.538. The van der Waals surface area contributed by atoms with Gasteiger partial charge in [-0.2, -0.15) is 0 Å². The summed E-state index contributed by atoms with van der Waals surface area (Å²) in [4.78, 5) is 9.17. The van der Waals surface area contributed by atoms with Crippen LogP contribution < -0.4 is 5.73 Å². The van der Waals surface area contributed by atoms with E-state index in [2.05, 4.69) is 16.5 Å². The number of imidazole rings is 1. The maximum Gasteiger partial charge on any atom is 0.160 e. The zero-order valence-corrected chi connectivity index (χ0v) is 10.2. The van der Waals surface area contributed by atoms with Crippen LogP contribution in [-0.2, 0) is 6.54 Å². The van der Waals surface area contributed by atoms with Gasteiger partial charge in [-0.15, -0.1) is 0 Å². The van der Waals surface area contributed by atoms with Crippen LogP contribution in [0.25, 0.3) is 11.2 Å². The molecule has 0 unspecified atom stereocenters. The van der Waals surface area contributed by atoms with Crippen molar-refractivity contribution in [3.8, 4) is 0 Å². The highest BCUT2D eigenvalue weighted by Crippen LogP contribution is 2.34. The van der Waals surface area contributed by atoms with Crippen molar-refractivity contribution in [2.45, 2.75) is 45.1 Å². The molecule has 0 spiro atoms. The average molecular weight is 230 g/mol. The van der Waals surface area contributed by atoms with Crippen LogP contribution in [0.1, 0.15) is 44.3 Å². The molecule has 3 rings (SSSR count). The summed E-state index contributed by atoms with van der Waals surface area (Å²) in [5.41, 5.74) is 8.37. The molecule has 0 radical (unpaired) electrons. The van der Waals surface area contributed by atoms with Crippen molar-refractivity contribution in [2.75, 3.05) is 5.73 Å². The molecule has 1 aliphatic carbocycles. The molecular formula is C13H18N4. The number of nitrogens with two attached hydrogens (primary N) is 1. The molecule has 0 bridgehead atoms. The molecule has 2 heterocycles. The van der Waals surface area contributed by atoms with Crippen LogP contribution >= 0.6 is 0 Å². The first-order chi connectivity index (χ1) is 8.29. The molecule has 0 aromatic carbocycles. The lowest BCUT2D eigenvalue weighted by molar-refractivity contribution is 0.607. The van der Waals surface area contributed by atoms with Gasteiger partial charge >= 0.3 is 0 Å². The van der Waals surface area contributed by atoms with Crippen LogP contribution in [0.3, 0.4) is 0 Å². The van der Waals surface area contributed by atoms with Crippen molar-refractivity contribution >= 4 is 16.9 Å². The Labute approximate surface area is 101 Å². The fourth-order valence-corrected chi connectivity index (χ4v) is 2.85. The van der Waals surface area contributed by atoms with E-state index in [-0.39, 0.29) is 0 Å². The van der Waals surface area contributed by atoms with E-state index in [0.717, 1.165) is 17.7 Å². The molecule has 1 fully saturated rings. The Bertz CT molecular complexity index is 538. The van der Waals surface area contributed by atoms with Crippen molar-refractivity contribution in [3.63, 3.8) is 0 Å². The summed E-state index contributed by atoms with van der Waals surface area (Å²) in [6.45, 7) is 3.08. The Hall–Kier alpha value is -1.58. The van der Waals surface area contributed by atoms with E-state index in [4.69, 9.17) is 10.7 Å². The molecule has 0 saturated heterocycles. The average Bonchev–Trinajstić information content (AvgIpc) is 2.94. The lowest BCUT2D eigenvalue weighted by Crippen LogP contribution is -2.06. The molecular weight excluding hydrogens is 212 g/mol. The summed E-state index contributed by atoms with van der Waals surface area (Å²) in [6, 6.07) is 1.92. The van der Waals surface area contributed by atoms with E-state index in [1.54, 1.807) is 6.20 Å². The molecule has 0 atom stereocenters. The Morgan fingerprint density at radius 2 is 2.18 bits per heavy atom. The van der Waals surface area contributed by atoms with Crippen molar-refractivity contribution in [3.05, 3.63) is 18.1 Å². The number of aromatic nitrogens is 3. The third kappa shape index (κ3) is 1.68. The highest BCUT2D eigenvalue weighted by atomic mass is 15.1. The van der Waals surface area contributed by atoms with Crippen LogP contribution in [0, 0.1) is 0 Å². The van der Waals surface area contributed by atoms with Gasteiger partial charge in [0.2, 0.25) is 0 Å². The first kappa shape index (κ1) is 10.6. The number of aryl methyl sites for hydroxylation is 1. The third-order valence-corrected chi connectivity index (χ3v) is 3.67. The van der Waals surface area contributed by atoms with E-state index in [1.807, 2.05) is 6.07 Å². The smallest absolute Gasteiger partial charge is 0.160 e. The van der Waals surface area contributed by atoms with Gasteiger partial charge in [-0.25, -0.2) is 9.97 Å². The lowest BCUT2D eigenvalue weighted by atomic mass is 10.1. The SMILES string of the molecule is CCn1c(C2CCCC2)nc2cc(N)cnc21. The molecule has 17 heavy (non-hydrogen) atoms. The molecule has 1 saturated carbocycles. The molecule has 0 amide bonds. The summed E-state index contributed by atoms with van der Waals surface area (Å²) >= 11 is 0. The highest BCUT2D eigenvalue weighted by Gasteiger charge is 2.23. The number of rotatable bonds is 2. The van der Waals surface area contributed by atoms with Gasteiger partial charge in [0.25, 0.3) is 0 Å². The summed E-state index contributed by atoms with van der Waals surface area (Å²) in [7, 11) is 0. The predicted octanol–water partition coefficient (Wildman–Crippen LogP) is 2.69. The molecule has 4 nitrogen and oxygen atoms in total. The number of hydrogen-bond acceptors (Lipinski definition) is 3. The monoisotopic (exact) mass is 230 g/mol. The number of nitrogen functional groups attached to an aromatic ring is 1. The van der Waals surface area contributed by atoms with Gasteiger partial charge in [0.1, 0.15) is 11.3 Å². The Morgan fingerprint density at radius 3 is 2.88 bits per heavy atom. The van der Waals surface area contributed by atoms with Crippen molar-refractivity contribution in [1.82, 2.24) is 14.5 Å². The van der Waals surface area contributed by atoms with Crippen molar-refractivity contribution < 1.29 is 0 Å². The number of anilines is 1. The molecule has 0 aliphatic heterocycles. The maximum atomic E-state index is 5.77. The van der Waals surface area contributed by atoms with Crippen LogP contribution in [0.4, 0.5) is 5.69 Å². The quantitative estimate of drug-likeness (QED) is 0.863. The van der Waals surface area contributed by atoms with Gasteiger partial charge in [0.15, 0.2) is 5.65 Å². The summed E-state index contributed by atoms with van der Waals surface area (Å²) in [5.74, 6) is 1.82. The molecule has 90 valence electrons. The first-order valence-corrected chi connectivity index (χ1v) is 6.41. The van der Waals surface area contributed by atoms with Gasteiger partial charge in [-0.3, -0.25) is 0 Å². The summed E-state index contributed by atoms with van der Waals surface area (Å²) in [5, 5.41) is 0. The van der Waals surface area contributed by atoms with E-state index in [0.29, 0.717) is 11.6 Å². The van der Waals surface area contributed by atoms with Gasteiger partial charge in [0.05, 0.1) is 11.9 Å². The zero-order chi connectivity index (χ0) is 11.8. The Kier molecular flexibility index (Phi) is 2.50. The van der Waals surface area contributed by atoms with Crippen LogP contribution in [-0.4, -0.2) is 14.5 Å². The van der Waals surface area contributed by atoms with E-state index in [1.165, 1.54) is 31.5 Å². The topological polar surface area (TPSA) is 56.7 Å². The minimum atomic E-state index is 0.616. The lowest BCUT2D eigenvalue weighted by Gasteiger charge is -2.10. The summed E-state index contributed by atoms with van der Waals surface area (Å²) in [6.07, 6.45) is 6.90. The van der Waals surface area contributed by atoms with Gasteiger partial charge < -0.3 is 10.3 Å². The van der Waals surface area contributed by atoms with Crippen LogP contribution in [0.15, 0.2) is 12.3 Å². The standard InChI is InChI=1S/C13H18N4/c1-2-17-12(9-5-3-4-6-9)16-11-7-10(14)8-15-13(11)17/h7-9H,2-6,14H2,1H3. The fourth-order valence-electron chi connectivity index (χ4n) is 2.85. The number of pyridine rings is 1. The maximum absolute atomic E-state index is 5.77. The Morgan fingerprint density at radius 1 is 1.41 bits per heavy atom. The van der Waals surface area contributed by atoms with Crippen LogP contribution in [0.5, 0.6) is 0 Å². The summed E-state index contributed by atoms with van der Waals surface area (Å²) < 4.78 is 2.24. The normalized spacial score (nSPS) is 17.0. The number of fused-ring (bicyclic) bond motifs is 1. The number of hydrogen-bond donors (Lipinski definition) is 1. The highest BCUT2D eigenvalue weighted by molar-refractivity contribution is 5.75. The molecule has 2 aromatic heterocycles. The van der Waals surface area contributed by atoms with Gasteiger partial charge in [0, 0.05) is 12.5 Å². The van der Waals surface area contributed by atoms with E-state index < -0.39 is 0 Å².